The lowest BCUT2D eigenvalue weighted by molar-refractivity contribution is -0.126. The van der Waals surface area contributed by atoms with Crippen LogP contribution < -0.4 is 14.8 Å². The molecule has 1 aromatic carbocycles. The number of amides is 3. The molecule has 0 aliphatic carbocycles. The van der Waals surface area contributed by atoms with Crippen molar-refractivity contribution in [2.45, 2.75) is 30.6 Å². The second-order valence-electron chi connectivity index (χ2n) is 7.63. The molecule has 0 radical (unpaired) electrons. The van der Waals surface area contributed by atoms with Gasteiger partial charge in [-0.15, -0.1) is 0 Å². The second kappa shape index (κ2) is 10.1. The van der Waals surface area contributed by atoms with Gasteiger partial charge in [0.15, 0.2) is 0 Å². The van der Waals surface area contributed by atoms with E-state index in [1.807, 2.05) is 4.90 Å². The Morgan fingerprint density at radius 1 is 1.03 bits per heavy atom. The van der Waals surface area contributed by atoms with Crippen molar-refractivity contribution in [2.24, 2.45) is 5.92 Å². The van der Waals surface area contributed by atoms with Gasteiger partial charge in [-0.2, -0.15) is 0 Å². The summed E-state index contributed by atoms with van der Waals surface area (Å²) in [5.41, 5.74) is 0. The van der Waals surface area contributed by atoms with Crippen molar-refractivity contribution in [3.63, 3.8) is 0 Å². The summed E-state index contributed by atoms with van der Waals surface area (Å²) in [5, 5.41) is 2.79. The fourth-order valence-corrected chi connectivity index (χ4v) is 4.86. The Kier molecular flexibility index (Phi) is 7.54. The molecule has 3 rings (SSSR count). The summed E-state index contributed by atoms with van der Waals surface area (Å²) in [6.45, 7) is 2.95. The topological polar surface area (TPSA) is 108 Å². The number of benzene rings is 1. The van der Waals surface area contributed by atoms with Crippen LogP contribution in [0.4, 0.5) is 4.79 Å². The number of methoxy groups -OCH3 is 1. The fraction of sp³-hybridized carbons (Fsp3) is 0.600. The number of piperidine rings is 1. The van der Waals surface area contributed by atoms with E-state index in [1.165, 1.54) is 19.2 Å². The van der Waals surface area contributed by atoms with Crippen molar-refractivity contribution in [3.05, 3.63) is 24.3 Å². The van der Waals surface area contributed by atoms with Crippen LogP contribution in [0, 0.1) is 5.92 Å². The summed E-state index contributed by atoms with van der Waals surface area (Å²) in [6, 6.07) is 6.11. The molecule has 2 saturated heterocycles. The third kappa shape index (κ3) is 5.63. The number of rotatable bonds is 7. The van der Waals surface area contributed by atoms with E-state index in [-0.39, 0.29) is 35.8 Å². The zero-order valence-corrected chi connectivity index (χ0v) is 18.1. The molecule has 0 bridgehead atoms. The van der Waals surface area contributed by atoms with E-state index in [1.54, 1.807) is 17.0 Å². The zero-order chi connectivity index (χ0) is 21.6. The molecule has 2 aliphatic heterocycles. The number of carbonyl (C=O) groups excluding carboxylic acids is 2. The van der Waals surface area contributed by atoms with Crippen LogP contribution >= 0.6 is 0 Å². The van der Waals surface area contributed by atoms with Crippen LogP contribution in [0.2, 0.25) is 0 Å². The van der Waals surface area contributed by atoms with E-state index < -0.39 is 10.0 Å². The highest BCUT2D eigenvalue weighted by atomic mass is 32.2. The van der Waals surface area contributed by atoms with E-state index in [0.29, 0.717) is 18.8 Å². The molecular weight excluding hydrogens is 408 g/mol. The maximum Gasteiger partial charge on any atom is 0.320 e. The molecule has 2 fully saturated rings. The minimum absolute atomic E-state index is 0.0252. The maximum atomic E-state index is 12.5. The van der Waals surface area contributed by atoms with Crippen LogP contribution in [0.25, 0.3) is 0 Å². The quantitative estimate of drug-likeness (QED) is 0.618. The van der Waals surface area contributed by atoms with Crippen molar-refractivity contribution >= 4 is 22.0 Å². The third-order valence-corrected chi connectivity index (χ3v) is 7.00. The van der Waals surface area contributed by atoms with Crippen molar-refractivity contribution in [1.82, 2.24) is 19.8 Å². The summed E-state index contributed by atoms with van der Waals surface area (Å²) in [4.78, 5) is 28.8. The largest absolute Gasteiger partial charge is 0.497 e. The van der Waals surface area contributed by atoms with Crippen LogP contribution in [0.3, 0.4) is 0 Å². The molecule has 0 unspecified atom stereocenters. The number of ether oxygens (including phenoxy) is 1. The molecule has 30 heavy (non-hydrogen) atoms. The highest BCUT2D eigenvalue weighted by molar-refractivity contribution is 7.89. The summed E-state index contributed by atoms with van der Waals surface area (Å²) >= 11 is 0. The summed E-state index contributed by atoms with van der Waals surface area (Å²) < 4.78 is 32.1. The van der Waals surface area contributed by atoms with Gasteiger partial charge in [0.2, 0.25) is 15.9 Å². The second-order valence-corrected chi connectivity index (χ2v) is 9.39. The van der Waals surface area contributed by atoms with Gasteiger partial charge >= 0.3 is 6.03 Å². The first-order valence-corrected chi connectivity index (χ1v) is 11.8. The Hall–Kier alpha value is -2.33. The molecule has 9 nitrogen and oxygen atoms in total. The lowest BCUT2D eigenvalue weighted by Gasteiger charge is -2.34. The normalized spacial score (nSPS) is 19.6. The van der Waals surface area contributed by atoms with Crippen molar-refractivity contribution in [1.29, 1.82) is 0 Å². The minimum atomic E-state index is -3.65. The maximum absolute atomic E-state index is 12.5. The number of hydrogen-bond acceptors (Lipinski definition) is 5. The van der Waals surface area contributed by atoms with Crippen molar-refractivity contribution in [2.75, 3.05) is 46.4 Å². The number of sulfonamides is 1. The van der Waals surface area contributed by atoms with Gasteiger partial charge in [0.1, 0.15) is 5.75 Å². The molecule has 0 saturated carbocycles. The lowest BCUT2D eigenvalue weighted by atomic mass is 9.97. The standard InChI is InChI=1S/C20H30N4O5S/c1-29-17-6-8-18(9-7-17)30(27,28)22-11-10-21-19(25)16-5-4-14-24(15-16)20(26)23-12-2-3-13-23/h6-9,16,22H,2-5,10-15H2,1H3,(H,21,25)/t16-/m1/s1. The first-order chi connectivity index (χ1) is 14.4. The molecule has 0 aromatic heterocycles. The number of hydrogen-bond donors (Lipinski definition) is 2. The molecule has 2 aliphatic rings. The van der Waals surface area contributed by atoms with Gasteiger partial charge in [-0.05, 0) is 49.9 Å². The summed E-state index contributed by atoms with van der Waals surface area (Å²) in [6.07, 6.45) is 3.60. The lowest BCUT2D eigenvalue weighted by Crippen LogP contribution is -2.50. The average molecular weight is 439 g/mol. The highest BCUT2D eigenvalue weighted by Gasteiger charge is 2.31. The van der Waals surface area contributed by atoms with E-state index in [0.717, 1.165) is 38.8 Å². The Morgan fingerprint density at radius 2 is 1.70 bits per heavy atom. The monoisotopic (exact) mass is 438 g/mol. The molecule has 2 N–H and O–H groups in total. The Balaban J connectivity index is 1.43. The fourth-order valence-electron chi connectivity index (χ4n) is 3.83. The Morgan fingerprint density at radius 3 is 2.37 bits per heavy atom. The smallest absolute Gasteiger partial charge is 0.320 e. The summed E-state index contributed by atoms with van der Waals surface area (Å²) in [5.74, 6) is 0.173. The average Bonchev–Trinajstić information content (AvgIpc) is 3.31. The SMILES string of the molecule is COc1ccc(S(=O)(=O)NCCNC(=O)[C@@H]2CCCN(C(=O)N3CCCC3)C2)cc1. The van der Waals surface area contributed by atoms with E-state index >= 15 is 0 Å². The van der Waals surface area contributed by atoms with Gasteiger partial charge in [0.05, 0.1) is 17.9 Å². The number of nitrogens with one attached hydrogen (secondary N) is 2. The van der Waals surface area contributed by atoms with Crippen molar-refractivity contribution < 1.29 is 22.7 Å². The molecule has 1 atom stereocenters. The molecule has 10 heteroatoms. The molecular formula is C20H30N4O5S. The van der Waals surface area contributed by atoms with E-state index in [9.17, 15) is 18.0 Å². The van der Waals surface area contributed by atoms with Gasteiger partial charge in [0.25, 0.3) is 0 Å². The number of nitrogens with zero attached hydrogens (tertiary/aromatic N) is 2. The van der Waals surface area contributed by atoms with Gasteiger partial charge < -0.3 is 19.9 Å². The van der Waals surface area contributed by atoms with Crippen LogP contribution in [0.5, 0.6) is 5.75 Å². The molecule has 3 amide bonds. The van der Waals surface area contributed by atoms with E-state index in [4.69, 9.17) is 4.74 Å². The Bertz CT molecular complexity index is 837. The van der Waals surface area contributed by atoms with Crippen LogP contribution in [-0.2, 0) is 14.8 Å². The number of carbonyl (C=O) groups is 2. The molecule has 1 aromatic rings. The third-order valence-electron chi connectivity index (χ3n) is 5.53. The van der Waals surface area contributed by atoms with Gasteiger partial charge in [-0.25, -0.2) is 17.9 Å². The van der Waals surface area contributed by atoms with Gasteiger partial charge in [-0.3, -0.25) is 4.79 Å². The number of urea groups is 1. The van der Waals surface area contributed by atoms with Gasteiger partial charge in [-0.1, -0.05) is 0 Å². The number of likely N-dealkylation sites (tertiary alicyclic amines) is 2. The molecule has 2 heterocycles. The van der Waals surface area contributed by atoms with Crippen molar-refractivity contribution in [3.8, 4) is 5.75 Å². The predicted octanol–water partition coefficient (Wildman–Crippen LogP) is 1.02. The Labute approximate surface area is 177 Å². The molecule has 0 spiro atoms. The van der Waals surface area contributed by atoms with Crippen LogP contribution in [-0.4, -0.2) is 76.5 Å². The van der Waals surface area contributed by atoms with E-state index in [2.05, 4.69) is 10.0 Å². The van der Waals surface area contributed by atoms with Crippen LogP contribution in [0.15, 0.2) is 29.2 Å². The molecule has 166 valence electrons. The first-order valence-electron chi connectivity index (χ1n) is 10.4. The minimum Gasteiger partial charge on any atom is -0.497 e. The van der Waals surface area contributed by atoms with Gasteiger partial charge in [0, 0.05) is 39.3 Å². The predicted molar refractivity (Wildman–Crippen MR) is 112 cm³/mol. The zero-order valence-electron chi connectivity index (χ0n) is 17.3. The summed E-state index contributed by atoms with van der Waals surface area (Å²) in [7, 11) is -2.14. The highest BCUT2D eigenvalue weighted by Crippen LogP contribution is 2.20. The first kappa shape index (κ1) is 22.4. The van der Waals surface area contributed by atoms with Crippen LogP contribution in [0.1, 0.15) is 25.7 Å².